The van der Waals surface area contributed by atoms with E-state index in [1.54, 1.807) is 0 Å². The number of allylic oxidation sites excluding steroid dienone is 2. The van der Waals surface area contributed by atoms with Crippen LogP contribution in [-0.2, 0) is 4.74 Å². The maximum atomic E-state index is 11.6. The zero-order chi connectivity index (χ0) is 6.36. The Morgan fingerprint density at radius 3 is 1.88 bits per heavy atom. The highest BCUT2D eigenvalue weighted by Crippen LogP contribution is 2.49. The van der Waals surface area contributed by atoms with Crippen LogP contribution in [0.2, 0.25) is 0 Å². The summed E-state index contributed by atoms with van der Waals surface area (Å²) in [7, 11) is 1.01. The van der Waals surface area contributed by atoms with Gasteiger partial charge in [0, 0.05) is 0 Å². The largest absolute Gasteiger partial charge is 0.492 e. The summed E-state index contributed by atoms with van der Waals surface area (Å²) >= 11 is 0. The average molecular weight is 124 g/mol. The Bertz CT molecular complexity index is 149. The van der Waals surface area contributed by atoms with Gasteiger partial charge in [0.25, 0.3) is 0 Å². The molecule has 0 aliphatic heterocycles. The van der Waals surface area contributed by atoms with Crippen molar-refractivity contribution in [2.45, 2.75) is 5.92 Å². The van der Waals surface area contributed by atoms with Crippen molar-refractivity contribution in [1.82, 2.24) is 0 Å². The van der Waals surface area contributed by atoms with Crippen molar-refractivity contribution in [3.63, 3.8) is 0 Å². The van der Waals surface area contributed by atoms with Gasteiger partial charge >= 0.3 is 5.92 Å². The second-order valence-corrected chi connectivity index (χ2v) is 1.42. The molecule has 8 heavy (non-hydrogen) atoms. The van der Waals surface area contributed by atoms with E-state index in [0.29, 0.717) is 0 Å². The molecule has 0 aromatic carbocycles. The molecule has 46 valence electrons. The molecule has 0 aromatic rings. The number of hydrogen-bond donors (Lipinski definition) is 0. The highest BCUT2D eigenvalue weighted by atomic mass is 19.3. The Kier molecular flexibility index (Phi) is 0.808. The third-order valence-corrected chi connectivity index (χ3v) is 0.902. The molecule has 0 heterocycles. The van der Waals surface area contributed by atoms with Crippen molar-refractivity contribution >= 4 is 0 Å². The van der Waals surface area contributed by atoms with Crippen LogP contribution >= 0.6 is 0 Å². The van der Waals surface area contributed by atoms with E-state index in [2.05, 4.69) is 4.74 Å². The molecule has 1 nitrogen and oxygen atoms in total. The standard InChI is InChI=1S/C4H3F3O/c1-8-3-2(5)4(3,6)7/h1H3. The van der Waals surface area contributed by atoms with E-state index in [-0.39, 0.29) is 0 Å². The Hall–Kier alpha value is -0.670. The van der Waals surface area contributed by atoms with Crippen LogP contribution in [0.4, 0.5) is 13.2 Å². The van der Waals surface area contributed by atoms with Gasteiger partial charge in [-0.05, 0) is 0 Å². The number of hydrogen-bond acceptors (Lipinski definition) is 1. The highest BCUT2D eigenvalue weighted by molar-refractivity contribution is 5.38. The lowest BCUT2D eigenvalue weighted by atomic mass is 10.7. The molecule has 0 spiro atoms. The first-order valence-electron chi connectivity index (χ1n) is 1.93. The van der Waals surface area contributed by atoms with Gasteiger partial charge in [0.1, 0.15) is 0 Å². The van der Waals surface area contributed by atoms with E-state index < -0.39 is 17.5 Å². The molecule has 0 atom stereocenters. The lowest BCUT2D eigenvalue weighted by molar-refractivity contribution is 0.0783. The normalized spacial score (nSPS) is 23.5. The first-order chi connectivity index (χ1) is 3.60. The maximum absolute atomic E-state index is 11.6. The minimum Gasteiger partial charge on any atom is -0.492 e. The number of ether oxygens (including phenoxy) is 1. The van der Waals surface area contributed by atoms with Crippen molar-refractivity contribution < 1.29 is 17.9 Å². The molecule has 1 rings (SSSR count). The van der Waals surface area contributed by atoms with E-state index >= 15 is 0 Å². The summed E-state index contributed by atoms with van der Waals surface area (Å²) in [5.74, 6) is -5.66. The fourth-order valence-electron chi connectivity index (χ4n) is 0.408. The van der Waals surface area contributed by atoms with Gasteiger partial charge in [0.15, 0.2) is 0 Å². The van der Waals surface area contributed by atoms with Crippen molar-refractivity contribution in [3.05, 3.63) is 11.6 Å². The Morgan fingerprint density at radius 1 is 1.50 bits per heavy atom. The predicted octanol–water partition coefficient (Wildman–Crippen LogP) is 1.46. The molecule has 1 aliphatic rings. The van der Waals surface area contributed by atoms with E-state index in [0.717, 1.165) is 7.11 Å². The van der Waals surface area contributed by atoms with Gasteiger partial charge < -0.3 is 4.74 Å². The molecule has 0 bridgehead atoms. The maximum Gasteiger partial charge on any atom is 0.361 e. The smallest absolute Gasteiger partial charge is 0.361 e. The lowest BCUT2D eigenvalue weighted by Gasteiger charge is -1.90. The zero-order valence-corrected chi connectivity index (χ0v) is 4.04. The molecule has 0 fully saturated rings. The highest BCUT2D eigenvalue weighted by Gasteiger charge is 2.60. The molecular weight excluding hydrogens is 121 g/mol. The number of methoxy groups -OCH3 is 1. The van der Waals surface area contributed by atoms with Crippen LogP contribution in [0.1, 0.15) is 0 Å². The fourth-order valence-corrected chi connectivity index (χ4v) is 0.408. The Balaban J connectivity index is 2.61. The van der Waals surface area contributed by atoms with Crippen LogP contribution in [-0.4, -0.2) is 13.0 Å². The van der Waals surface area contributed by atoms with E-state index in [1.165, 1.54) is 0 Å². The molecule has 0 aromatic heterocycles. The van der Waals surface area contributed by atoms with Gasteiger partial charge in [-0.1, -0.05) is 0 Å². The fraction of sp³-hybridized carbons (Fsp3) is 0.500. The van der Waals surface area contributed by atoms with Crippen LogP contribution in [0, 0.1) is 0 Å². The predicted molar refractivity (Wildman–Crippen MR) is 20.1 cm³/mol. The van der Waals surface area contributed by atoms with Gasteiger partial charge in [-0.25, -0.2) is 4.39 Å². The number of rotatable bonds is 1. The van der Waals surface area contributed by atoms with Crippen LogP contribution in [0.15, 0.2) is 11.6 Å². The van der Waals surface area contributed by atoms with Gasteiger partial charge in [-0.3, -0.25) is 0 Å². The molecule has 0 N–H and O–H groups in total. The summed E-state index contributed by atoms with van der Waals surface area (Å²) in [6.45, 7) is 0. The van der Waals surface area contributed by atoms with Gasteiger partial charge in [-0.2, -0.15) is 8.78 Å². The van der Waals surface area contributed by atoms with Crippen LogP contribution < -0.4 is 0 Å². The first kappa shape index (κ1) is 5.47. The summed E-state index contributed by atoms with van der Waals surface area (Å²) in [6, 6.07) is 0. The van der Waals surface area contributed by atoms with E-state index in [4.69, 9.17) is 0 Å². The van der Waals surface area contributed by atoms with E-state index in [1.807, 2.05) is 0 Å². The summed E-state index contributed by atoms with van der Waals surface area (Å²) in [6.07, 6.45) is 0. The molecule has 0 radical (unpaired) electrons. The summed E-state index contributed by atoms with van der Waals surface area (Å²) < 4.78 is 38.7. The number of halogens is 3. The Morgan fingerprint density at radius 2 is 1.88 bits per heavy atom. The molecular formula is C4H3F3O. The Labute approximate surface area is 43.7 Å². The van der Waals surface area contributed by atoms with Gasteiger partial charge in [-0.15, -0.1) is 0 Å². The van der Waals surface area contributed by atoms with Crippen LogP contribution in [0.25, 0.3) is 0 Å². The van der Waals surface area contributed by atoms with E-state index in [9.17, 15) is 13.2 Å². The molecule has 0 amide bonds. The molecule has 0 saturated heterocycles. The third kappa shape index (κ3) is 0.425. The summed E-state index contributed by atoms with van der Waals surface area (Å²) in [4.78, 5) is 0. The third-order valence-electron chi connectivity index (χ3n) is 0.902. The monoisotopic (exact) mass is 124 g/mol. The first-order valence-corrected chi connectivity index (χ1v) is 1.93. The molecule has 0 saturated carbocycles. The van der Waals surface area contributed by atoms with Crippen LogP contribution in [0.5, 0.6) is 0 Å². The van der Waals surface area contributed by atoms with Crippen molar-refractivity contribution in [2.24, 2.45) is 0 Å². The number of alkyl halides is 2. The van der Waals surface area contributed by atoms with Crippen molar-refractivity contribution in [3.8, 4) is 0 Å². The second kappa shape index (κ2) is 1.18. The average Bonchev–Trinajstić information content (AvgIpc) is 2.09. The van der Waals surface area contributed by atoms with Crippen molar-refractivity contribution in [1.29, 1.82) is 0 Å². The summed E-state index contributed by atoms with van der Waals surface area (Å²) in [5.41, 5.74) is 0. The second-order valence-electron chi connectivity index (χ2n) is 1.42. The molecule has 0 unspecified atom stereocenters. The van der Waals surface area contributed by atoms with Crippen LogP contribution in [0.3, 0.4) is 0 Å². The zero-order valence-electron chi connectivity index (χ0n) is 4.04. The van der Waals surface area contributed by atoms with Crippen molar-refractivity contribution in [2.75, 3.05) is 7.11 Å². The quantitative estimate of drug-likeness (QED) is 0.514. The minimum atomic E-state index is -3.38. The van der Waals surface area contributed by atoms with Gasteiger partial charge in [0.2, 0.25) is 11.6 Å². The van der Waals surface area contributed by atoms with Gasteiger partial charge in [0.05, 0.1) is 7.11 Å². The molecule has 4 heteroatoms. The summed E-state index contributed by atoms with van der Waals surface area (Å²) in [5, 5.41) is 0. The lowest BCUT2D eigenvalue weighted by Crippen LogP contribution is -1.96. The SMILES string of the molecule is COC1=C(F)C1(F)F. The molecule has 1 aliphatic carbocycles. The topological polar surface area (TPSA) is 9.23 Å². The minimum absolute atomic E-state index is 0.836.